The van der Waals surface area contributed by atoms with E-state index in [2.05, 4.69) is 5.32 Å². The SMILES string of the molecule is CCOc1ccc(OCCC(=O)OCC(=O)Nc2cc(Cl)ccc2Cl)cc1. The smallest absolute Gasteiger partial charge is 0.309 e. The van der Waals surface area contributed by atoms with E-state index in [9.17, 15) is 9.59 Å². The number of ether oxygens (including phenoxy) is 3. The van der Waals surface area contributed by atoms with Crippen LogP contribution in [0.1, 0.15) is 13.3 Å². The van der Waals surface area contributed by atoms with Crippen LogP contribution in [0.4, 0.5) is 5.69 Å². The van der Waals surface area contributed by atoms with Crippen molar-refractivity contribution in [3.05, 3.63) is 52.5 Å². The van der Waals surface area contributed by atoms with Crippen LogP contribution in [0.3, 0.4) is 0 Å². The summed E-state index contributed by atoms with van der Waals surface area (Å²) in [6, 6.07) is 11.7. The summed E-state index contributed by atoms with van der Waals surface area (Å²) in [6.07, 6.45) is 0.0123. The molecule has 8 heteroatoms. The maximum Gasteiger partial charge on any atom is 0.309 e. The lowest BCUT2D eigenvalue weighted by Gasteiger charge is -2.09. The summed E-state index contributed by atoms with van der Waals surface area (Å²) in [5.41, 5.74) is 0.351. The minimum Gasteiger partial charge on any atom is -0.494 e. The predicted octanol–water partition coefficient (Wildman–Crippen LogP) is 4.34. The van der Waals surface area contributed by atoms with E-state index in [1.54, 1.807) is 36.4 Å². The van der Waals surface area contributed by atoms with Gasteiger partial charge in [-0.05, 0) is 49.4 Å². The van der Waals surface area contributed by atoms with Crippen molar-refractivity contribution in [3.8, 4) is 11.5 Å². The van der Waals surface area contributed by atoms with Gasteiger partial charge in [0.05, 0.1) is 30.3 Å². The number of amides is 1. The molecule has 27 heavy (non-hydrogen) atoms. The highest BCUT2D eigenvalue weighted by molar-refractivity contribution is 6.35. The van der Waals surface area contributed by atoms with E-state index >= 15 is 0 Å². The van der Waals surface area contributed by atoms with E-state index in [1.807, 2.05) is 6.92 Å². The highest BCUT2D eigenvalue weighted by Gasteiger charge is 2.10. The predicted molar refractivity (Wildman–Crippen MR) is 104 cm³/mol. The first-order valence-electron chi connectivity index (χ1n) is 8.24. The van der Waals surface area contributed by atoms with Crippen molar-refractivity contribution in [2.75, 3.05) is 25.1 Å². The number of carbonyl (C=O) groups excluding carboxylic acids is 2. The Morgan fingerprint density at radius 2 is 1.67 bits per heavy atom. The number of esters is 1. The largest absolute Gasteiger partial charge is 0.494 e. The van der Waals surface area contributed by atoms with Crippen LogP contribution < -0.4 is 14.8 Å². The molecule has 2 rings (SSSR count). The molecule has 0 aliphatic rings. The van der Waals surface area contributed by atoms with Crippen LogP contribution in [-0.2, 0) is 14.3 Å². The molecule has 2 aromatic carbocycles. The van der Waals surface area contributed by atoms with E-state index in [0.29, 0.717) is 28.1 Å². The van der Waals surface area contributed by atoms with Gasteiger partial charge in [0, 0.05) is 5.02 Å². The van der Waals surface area contributed by atoms with Gasteiger partial charge in [-0.3, -0.25) is 9.59 Å². The molecule has 0 aromatic heterocycles. The molecular formula is C19H19Cl2NO5. The summed E-state index contributed by atoms with van der Waals surface area (Å²) in [5.74, 6) is 0.294. The summed E-state index contributed by atoms with van der Waals surface area (Å²) >= 11 is 11.8. The molecule has 0 aliphatic heterocycles. The standard InChI is InChI=1S/C19H19Cl2NO5/c1-2-25-14-4-6-15(7-5-14)26-10-9-19(24)27-12-18(23)22-17-11-13(20)3-8-16(17)21/h3-8,11H,2,9-10,12H2,1H3,(H,22,23). The Morgan fingerprint density at radius 3 is 2.33 bits per heavy atom. The average Bonchev–Trinajstić information content (AvgIpc) is 2.65. The molecule has 0 heterocycles. The molecule has 1 amide bonds. The minimum atomic E-state index is -0.548. The fourth-order valence-corrected chi connectivity index (χ4v) is 2.39. The zero-order valence-electron chi connectivity index (χ0n) is 14.7. The van der Waals surface area contributed by atoms with E-state index in [4.69, 9.17) is 37.4 Å². The zero-order valence-corrected chi connectivity index (χ0v) is 16.2. The van der Waals surface area contributed by atoms with Crippen molar-refractivity contribution >= 4 is 40.8 Å². The molecule has 0 saturated carbocycles. The second-order valence-electron chi connectivity index (χ2n) is 5.34. The van der Waals surface area contributed by atoms with Gasteiger partial charge < -0.3 is 19.5 Å². The molecule has 1 N–H and O–H groups in total. The third-order valence-electron chi connectivity index (χ3n) is 3.28. The fraction of sp³-hybridized carbons (Fsp3) is 0.263. The highest BCUT2D eigenvalue weighted by Crippen LogP contribution is 2.25. The summed E-state index contributed by atoms with van der Waals surface area (Å²) in [5, 5.41) is 3.29. The van der Waals surface area contributed by atoms with Gasteiger partial charge in [-0.15, -0.1) is 0 Å². The van der Waals surface area contributed by atoms with Gasteiger partial charge >= 0.3 is 5.97 Å². The minimum absolute atomic E-state index is 0.0123. The van der Waals surface area contributed by atoms with Gasteiger partial charge in [0.2, 0.25) is 0 Å². The first-order chi connectivity index (χ1) is 13.0. The van der Waals surface area contributed by atoms with Gasteiger partial charge in [0.1, 0.15) is 11.5 Å². The maximum absolute atomic E-state index is 11.8. The normalized spacial score (nSPS) is 10.2. The zero-order chi connectivity index (χ0) is 19.6. The van der Waals surface area contributed by atoms with Gasteiger partial charge in [0.25, 0.3) is 5.91 Å². The molecule has 0 aliphatic carbocycles. The van der Waals surface area contributed by atoms with Crippen molar-refractivity contribution in [1.29, 1.82) is 0 Å². The van der Waals surface area contributed by atoms with Gasteiger partial charge in [-0.1, -0.05) is 23.2 Å². The van der Waals surface area contributed by atoms with E-state index in [1.165, 1.54) is 6.07 Å². The Bertz CT molecular complexity index is 780. The molecule has 2 aromatic rings. The molecule has 0 spiro atoms. The third kappa shape index (κ3) is 7.37. The lowest BCUT2D eigenvalue weighted by molar-refractivity contribution is -0.147. The second kappa shape index (κ2) is 10.6. The molecular weight excluding hydrogens is 393 g/mol. The van der Waals surface area contributed by atoms with E-state index in [-0.39, 0.29) is 13.0 Å². The highest BCUT2D eigenvalue weighted by atomic mass is 35.5. The molecule has 0 radical (unpaired) electrons. The van der Waals surface area contributed by atoms with Crippen molar-refractivity contribution < 1.29 is 23.8 Å². The third-order valence-corrected chi connectivity index (χ3v) is 3.84. The van der Waals surface area contributed by atoms with Crippen LogP contribution in [-0.4, -0.2) is 31.7 Å². The molecule has 0 fully saturated rings. The average molecular weight is 412 g/mol. The van der Waals surface area contributed by atoms with E-state index in [0.717, 1.165) is 5.75 Å². The Labute approximate surface area is 167 Å². The quantitative estimate of drug-likeness (QED) is 0.621. The number of hydrogen-bond donors (Lipinski definition) is 1. The van der Waals surface area contributed by atoms with Gasteiger partial charge in [0.15, 0.2) is 6.61 Å². The summed E-state index contributed by atoms with van der Waals surface area (Å²) in [4.78, 5) is 23.5. The molecule has 0 saturated heterocycles. The topological polar surface area (TPSA) is 73.9 Å². The number of carbonyl (C=O) groups is 2. The van der Waals surface area contributed by atoms with Gasteiger partial charge in [-0.2, -0.15) is 0 Å². The molecule has 144 valence electrons. The number of anilines is 1. The van der Waals surface area contributed by atoms with Crippen molar-refractivity contribution in [2.24, 2.45) is 0 Å². The lowest BCUT2D eigenvalue weighted by Crippen LogP contribution is -2.21. The van der Waals surface area contributed by atoms with Crippen LogP contribution >= 0.6 is 23.2 Å². The summed E-state index contributed by atoms with van der Waals surface area (Å²) in [7, 11) is 0. The second-order valence-corrected chi connectivity index (χ2v) is 6.18. The van der Waals surface area contributed by atoms with Gasteiger partial charge in [-0.25, -0.2) is 0 Å². The Morgan fingerprint density at radius 1 is 1.00 bits per heavy atom. The number of hydrogen-bond acceptors (Lipinski definition) is 5. The summed E-state index contributed by atoms with van der Waals surface area (Å²) in [6.45, 7) is 2.20. The number of rotatable bonds is 9. The van der Waals surface area contributed by atoms with Crippen LogP contribution in [0, 0.1) is 0 Å². The Hall–Kier alpha value is -2.44. The van der Waals surface area contributed by atoms with Crippen LogP contribution in [0.5, 0.6) is 11.5 Å². The van der Waals surface area contributed by atoms with Crippen molar-refractivity contribution in [2.45, 2.75) is 13.3 Å². The van der Waals surface area contributed by atoms with Crippen LogP contribution in [0.25, 0.3) is 0 Å². The Kier molecular flexibility index (Phi) is 8.23. The number of benzene rings is 2. The first-order valence-corrected chi connectivity index (χ1v) is 8.99. The Balaban J connectivity index is 1.68. The number of nitrogens with one attached hydrogen (secondary N) is 1. The number of halogens is 2. The molecule has 0 bridgehead atoms. The first kappa shape index (κ1) is 20.9. The van der Waals surface area contributed by atoms with Crippen molar-refractivity contribution in [3.63, 3.8) is 0 Å². The van der Waals surface area contributed by atoms with Crippen LogP contribution in [0.2, 0.25) is 10.0 Å². The van der Waals surface area contributed by atoms with Crippen LogP contribution in [0.15, 0.2) is 42.5 Å². The molecule has 6 nitrogen and oxygen atoms in total. The molecule has 0 atom stereocenters. The maximum atomic E-state index is 11.8. The summed E-state index contributed by atoms with van der Waals surface area (Å²) < 4.78 is 15.7. The monoisotopic (exact) mass is 411 g/mol. The fourth-order valence-electron chi connectivity index (χ4n) is 2.05. The lowest BCUT2D eigenvalue weighted by atomic mass is 10.3. The van der Waals surface area contributed by atoms with Crippen molar-refractivity contribution in [1.82, 2.24) is 0 Å². The molecule has 0 unspecified atom stereocenters. The van der Waals surface area contributed by atoms with E-state index < -0.39 is 18.5 Å².